The smallest absolute Gasteiger partial charge is 0.233 e. The standard InChI is InChI=1S/C12H10BrClN6/c1-20(2)12-18-10(14)17-11(19-12)16-9-4-3-8(13)5-7(9)6-15/h3-5H,1-2H3,(H,16,17,18,19). The first-order valence-electron chi connectivity index (χ1n) is 5.55. The molecule has 0 spiro atoms. The second kappa shape index (κ2) is 6.03. The van der Waals surface area contributed by atoms with E-state index in [2.05, 4.69) is 42.3 Å². The Labute approximate surface area is 129 Å². The summed E-state index contributed by atoms with van der Waals surface area (Å²) in [6, 6.07) is 7.39. The number of nitriles is 1. The molecule has 1 aromatic heterocycles. The van der Waals surface area contributed by atoms with E-state index in [1.807, 2.05) is 6.07 Å². The number of benzene rings is 1. The molecule has 1 N–H and O–H groups in total. The molecule has 2 rings (SSSR count). The van der Waals surface area contributed by atoms with Crippen molar-refractivity contribution < 1.29 is 0 Å². The summed E-state index contributed by atoms with van der Waals surface area (Å²) < 4.78 is 0.822. The van der Waals surface area contributed by atoms with E-state index in [1.54, 1.807) is 31.1 Å². The van der Waals surface area contributed by atoms with Crippen molar-refractivity contribution in [2.75, 3.05) is 24.3 Å². The number of nitrogens with one attached hydrogen (secondary N) is 1. The van der Waals surface area contributed by atoms with Gasteiger partial charge in [0.25, 0.3) is 0 Å². The van der Waals surface area contributed by atoms with Gasteiger partial charge >= 0.3 is 0 Å². The first kappa shape index (κ1) is 14.5. The van der Waals surface area contributed by atoms with E-state index in [0.717, 1.165) is 4.47 Å². The summed E-state index contributed by atoms with van der Waals surface area (Å²) in [6.45, 7) is 0. The zero-order valence-corrected chi connectivity index (χ0v) is 13.1. The van der Waals surface area contributed by atoms with Crippen molar-refractivity contribution in [3.05, 3.63) is 33.5 Å². The minimum Gasteiger partial charge on any atom is -0.347 e. The average Bonchev–Trinajstić information content (AvgIpc) is 2.40. The minimum atomic E-state index is 0.0850. The fourth-order valence-corrected chi connectivity index (χ4v) is 1.95. The molecule has 0 amide bonds. The lowest BCUT2D eigenvalue weighted by atomic mass is 10.2. The summed E-state index contributed by atoms with van der Waals surface area (Å²) in [5, 5.41) is 12.2. The molecule has 0 saturated heterocycles. The lowest BCUT2D eigenvalue weighted by Gasteiger charge is -2.12. The van der Waals surface area contributed by atoms with Crippen molar-refractivity contribution in [3.8, 4) is 6.07 Å². The van der Waals surface area contributed by atoms with Gasteiger partial charge in [0.15, 0.2) is 0 Å². The SMILES string of the molecule is CN(C)c1nc(Cl)nc(Nc2ccc(Br)cc2C#N)n1. The maximum atomic E-state index is 9.12. The lowest BCUT2D eigenvalue weighted by molar-refractivity contribution is 0.961. The second-order valence-corrected chi connectivity index (χ2v) is 5.30. The molecule has 0 bridgehead atoms. The molecule has 6 nitrogen and oxygen atoms in total. The van der Waals surface area contributed by atoms with Crippen LogP contribution in [-0.4, -0.2) is 29.0 Å². The number of rotatable bonds is 3. The molecular formula is C12H10BrClN6. The van der Waals surface area contributed by atoms with Crippen LogP contribution in [0.1, 0.15) is 5.56 Å². The topological polar surface area (TPSA) is 77.7 Å². The van der Waals surface area contributed by atoms with Crippen LogP contribution >= 0.6 is 27.5 Å². The summed E-state index contributed by atoms with van der Waals surface area (Å²) >= 11 is 9.17. The van der Waals surface area contributed by atoms with Gasteiger partial charge in [0, 0.05) is 18.6 Å². The highest BCUT2D eigenvalue weighted by Gasteiger charge is 2.09. The lowest BCUT2D eigenvalue weighted by Crippen LogP contribution is -2.14. The van der Waals surface area contributed by atoms with Crippen LogP contribution in [0.3, 0.4) is 0 Å². The molecule has 0 saturated carbocycles. The molecule has 0 unspecified atom stereocenters. The summed E-state index contributed by atoms with van der Waals surface area (Å²) in [7, 11) is 3.60. The average molecular weight is 354 g/mol. The molecule has 0 radical (unpaired) electrons. The Morgan fingerprint density at radius 3 is 2.70 bits per heavy atom. The van der Waals surface area contributed by atoms with Crippen LogP contribution in [0.25, 0.3) is 0 Å². The van der Waals surface area contributed by atoms with Gasteiger partial charge in [-0.25, -0.2) is 0 Å². The number of halogens is 2. The third kappa shape index (κ3) is 3.35. The third-order valence-electron chi connectivity index (χ3n) is 2.34. The van der Waals surface area contributed by atoms with Crippen molar-refractivity contribution in [2.45, 2.75) is 0 Å². The number of hydrogen-bond acceptors (Lipinski definition) is 6. The van der Waals surface area contributed by atoms with Gasteiger partial charge in [-0.1, -0.05) is 15.9 Å². The number of anilines is 3. The first-order valence-corrected chi connectivity index (χ1v) is 6.72. The Hall–Kier alpha value is -1.91. The second-order valence-electron chi connectivity index (χ2n) is 4.05. The Morgan fingerprint density at radius 2 is 2.05 bits per heavy atom. The Kier molecular flexibility index (Phi) is 4.37. The van der Waals surface area contributed by atoms with Gasteiger partial charge in [-0.15, -0.1) is 0 Å². The monoisotopic (exact) mass is 352 g/mol. The van der Waals surface area contributed by atoms with Gasteiger partial charge in [-0.2, -0.15) is 20.2 Å². The van der Waals surface area contributed by atoms with Crippen molar-refractivity contribution >= 4 is 45.1 Å². The van der Waals surface area contributed by atoms with Gasteiger partial charge in [0.05, 0.1) is 11.3 Å². The Bertz CT molecular complexity index is 682. The molecule has 0 aliphatic rings. The first-order chi connectivity index (χ1) is 9.49. The summed E-state index contributed by atoms with van der Waals surface area (Å²) in [5.74, 6) is 0.718. The third-order valence-corrected chi connectivity index (χ3v) is 3.01. The highest BCUT2D eigenvalue weighted by Crippen LogP contribution is 2.23. The quantitative estimate of drug-likeness (QED) is 0.914. The minimum absolute atomic E-state index is 0.0850. The van der Waals surface area contributed by atoms with E-state index >= 15 is 0 Å². The van der Waals surface area contributed by atoms with Crippen molar-refractivity contribution in [1.29, 1.82) is 5.26 Å². The van der Waals surface area contributed by atoms with Crippen LogP contribution in [-0.2, 0) is 0 Å². The molecule has 2 aromatic rings. The molecule has 20 heavy (non-hydrogen) atoms. The van der Waals surface area contributed by atoms with Crippen LogP contribution in [0.5, 0.6) is 0 Å². The van der Waals surface area contributed by atoms with Crippen LogP contribution in [0, 0.1) is 11.3 Å². The summed E-state index contributed by atoms with van der Waals surface area (Å²) in [4.78, 5) is 13.9. The zero-order chi connectivity index (χ0) is 14.7. The molecule has 1 heterocycles. The maximum Gasteiger partial charge on any atom is 0.233 e. The summed E-state index contributed by atoms with van der Waals surface area (Å²) in [6.07, 6.45) is 0. The van der Waals surface area contributed by atoms with Gasteiger partial charge < -0.3 is 10.2 Å². The maximum absolute atomic E-state index is 9.12. The van der Waals surface area contributed by atoms with Crippen LogP contribution in [0.4, 0.5) is 17.6 Å². The molecule has 0 aliphatic heterocycles. The largest absolute Gasteiger partial charge is 0.347 e. The Morgan fingerprint density at radius 1 is 1.30 bits per heavy atom. The van der Waals surface area contributed by atoms with Gasteiger partial charge in [0.1, 0.15) is 6.07 Å². The van der Waals surface area contributed by atoms with Crippen molar-refractivity contribution in [2.24, 2.45) is 0 Å². The van der Waals surface area contributed by atoms with Crippen LogP contribution in [0.2, 0.25) is 5.28 Å². The molecule has 0 aliphatic carbocycles. The number of nitrogens with zero attached hydrogens (tertiary/aromatic N) is 5. The molecule has 8 heteroatoms. The van der Waals surface area contributed by atoms with Gasteiger partial charge in [-0.05, 0) is 29.8 Å². The van der Waals surface area contributed by atoms with E-state index in [4.69, 9.17) is 16.9 Å². The summed E-state index contributed by atoms with van der Waals surface area (Å²) in [5.41, 5.74) is 1.07. The van der Waals surface area contributed by atoms with Gasteiger partial charge in [0.2, 0.25) is 17.2 Å². The fraction of sp³-hybridized carbons (Fsp3) is 0.167. The highest BCUT2D eigenvalue weighted by molar-refractivity contribution is 9.10. The molecule has 0 fully saturated rings. The molecule has 1 aromatic carbocycles. The number of aromatic nitrogens is 3. The Balaban J connectivity index is 2.38. The highest BCUT2D eigenvalue weighted by atomic mass is 79.9. The fourth-order valence-electron chi connectivity index (χ4n) is 1.43. The number of hydrogen-bond donors (Lipinski definition) is 1. The van der Waals surface area contributed by atoms with E-state index < -0.39 is 0 Å². The van der Waals surface area contributed by atoms with Crippen LogP contribution in [0.15, 0.2) is 22.7 Å². The normalized spacial score (nSPS) is 9.95. The predicted octanol–water partition coefficient (Wildman–Crippen LogP) is 2.97. The molecule has 102 valence electrons. The predicted molar refractivity (Wildman–Crippen MR) is 81.3 cm³/mol. The van der Waals surface area contributed by atoms with E-state index in [0.29, 0.717) is 17.2 Å². The van der Waals surface area contributed by atoms with Crippen molar-refractivity contribution in [1.82, 2.24) is 15.0 Å². The van der Waals surface area contributed by atoms with Crippen LogP contribution < -0.4 is 10.2 Å². The van der Waals surface area contributed by atoms with E-state index in [1.165, 1.54) is 0 Å². The van der Waals surface area contributed by atoms with E-state index in [9.17, 15) is 0 Å². The molecule has 0 atom stereocenters. The molecular weight excluding hydrogens is 344 g/mol. The van der Waals surface area contributed by atoms with E-state index in [-0.39, 0.29) is 11.2 Å². The zero-order valence-electron chi connectivity index (χ0n) is 10.7. The van der Waals surface area contributed by atoms with Gasteiger partial charge in [-0.3, -0.25) is 0 Å². The van der Waals surface area contributed by atoms with Crippen molar-refractivity contribution in [3.63, 3.8) is 0 Å².